The van der Waals surface area contributed by atoms with Gasteiger partial charge in [-0.15, -0.1) is 0 Å². The molecule has 1 rings (SSSR count). The predicted octanol–water partition coefficient (Wildman–Crippen LogP) is 3.71. The lowest BCUT2D eigenvalue weighted by Crippen LogP contribution is -2.44. The minimum Gasteiger partial charge on any atom is -0.353 e. The van der Waals surface area contributed by atoms with Gasteiger partial charge in [-0.3, -0.25) is 0 Å². The fourth-order valence-corrected chi connectivity index (χ4v) is 1.64. The van der Waals surface area contributed by atoms with Crippen molar-refractivity contribution in [3.05, 3.63) is 23.9 Å². The molecule has 0 aliphatic rings. The molecule has 0 atom stereocenters. The molecule has 0 aliphatic carbocycles. The summed E-state index contributed by atoms with van der Waals surface area (Å²) in [7, 11) is 1.61. The zero-order chi connectivity index (χ0) is 13.3. The van der Waals surface area contributed by atoms with Crippen LogP contribution in [0.2, 0.25) is 0 Å². The van der Waals surface area contributed by atoms with Gasteiger partial charge in [-0.2, -0.15) is 13.2 Å². The van der Waals surface area contributed by atoms with E-state index in [0.717, 1.165) is 6.07 Å². The molecule has 0 spiro atoms. The molecule has 1 aromatic heterocycles. The maximum absolute atomic E-state index is 12.8. The van der Waals surface area contributed by atoms with Crippen molar-refractivity contribution in [2.75, 3.05) is 17.3 Å². The Morgan fingerprint density at radius 3 is 2.41 bits per heavy atom. The fraction of sp³-hybridized carbons (Fsp3) is 0.545. The van der Waals surface area contributed by atoms with Crippen molar-refractivity contribution in [1.82, 2.24) is 4.98 Å². The Balaban J connectivity index is 3.23. The molecule has 0 aromatic carbocycles. The summed E-state index contributed by atoms with van der Waals surface area (Å²) in [5.74, 6) is -0.0514. The van der Waals surface area contributed by atoms with Crippen LogP contribution in [0, 0.1) is 0 Å². The average molecular weight is 311 g/mol. The van der Waals surface area contributed by atoms with E-state index >= 15 is 0 Å². The standard InChI is InChI=1S/C11H14BrF3N2/c1-10(2,7-12)17(3)9-8(11(13,14)15)5-4-6-16-9/h4-6H,7H2,1-3H3. The molecule has 0 aliphatic heterocycles. The highest BCUT2D eigenvalue weighted by Crippen LogP contribution is 2.36. The van der Waals surface area contributed by atoms with Crippen LogP contribution in [-0.2, 0) is 6.18 Å². The van der Waals surface area contributed by atoms with E-state index in [9.17, 15) is 13.2 Å². The summed E-state index contributed by atoms with van der Waals surface area (Å²) in [5.41, 5.74) is -1.16. The van der Waals surface area contributed by atoms with Gasteiger partial charge >= 0.3 is 6.18 Å². The lowest BCUT2D eigenvalue weighted by Gasteiger charge is -2.36. The first-order valence-corrected chi connectivity index (χ1v) is 6.14. The van der Waals surface area contributed by atoms with Crippen LogP contribution in [-0.4, -0.2) is 22.9 Å². The van der Waals surface area contributed by atoms with Crippen molar-refractivity contribution in [3.8, 4) is 0 Å². The van der Waals surface area contributed by atoms with Crippen molar-refractivity contribution < 1.29 is 13.2 Å². The van der Waals surface area contributed by atoms with Crippen LogP contribution in [0.5, 0.6) is 0 Å². The molecule has 96 valence electrons. The highest BCUT2D eigenvalue weighted by atomic mass is 79.9. The summed E-state index contributed by atoms with van der Waals surface area (Å²) in [6.45, 7) is 3.69. The van der Waals surface area contributed by atoms with Gasteiger partial charge in [-0.1, -0.05) is 15.9 Å². The summed E-state index contributed by atoms with van der Waals surface area (Å²) in [6.07, 6.45) is -3.02. The first-order chi connectivity index (χ1) is 7.70. The smallest absolute Gasteiger partial charge is 0.353 e. The Morgan fingerprint density at radius 1 is 1.35 bits per heavy atom. The maximum Gasteiger partial charge on any atom is 0.419 e. The zero-order valence-electron chi connectivity index (χ0n) is 9.85. The number of rotatable bonds is 3. The number of nitrogens with zero attached hydrogens (tertiary/aromatic N) is 2. The van der Waals surface area contributed by atoms with E-state index in [0.29, 0.717) is 5.33 Å². The minimum absolute atomic E-state index is 0.0514. The van der Waals surface area contributed by atoms with E-state index in [1.165, 1.54) is 17.2 Å². The van der Waals surface area contributed by atoms with Gasteiger partial charge in [-0.25, -0.2) is 4.98 Å². The number of halogens is 4. The quantitative estimate of drug-likeness (QED) is 0.791. The van der Waals surface area contributed by atoms with Crippen LogP contribution in [0.4, 0.5) is 19.0 Å². The minimum atomic E-state index is -4.39. The van der Waals surface area contributed by atoms with E-state index in [-0.39, 0.29) is 5.82 Å². The second kappa shape index (κ2) is 4.84. The second-order valence-electron chi connectivity index (χ2n) is 4.38. The van der Waals surface area contributed by atoms with Crippen LogP contribution < -0.4 is 4.90 Å². The van der Waals surface area contributed by atoms with Gasteiger partial charge in [0.15, 0.2) is 0 Å². The van der Waals surface area contributed by atoms with Crippen LogP contribution in [0.25, 0.3) is 0 Å². The summed E-state index contributed by atoms with van der Waals surface area (Å²) in [6, 6.07) is 2.34. The molecule has 0 unspecified atom stereocenters. The molecule has 0 N–H and O–H groups in total. The van der Waals surface area contributed by atoms with Crippen molar-refractivity contribution in [2.45, 2.75) is 25.6 Å². The van der Waals surface area contributed by atoms with Gasteiger partial charge in [-0.05, 0) is 26.0 Å². The molecule has 1 aromatic rings. The lowest BCUT2D eigenvalue weighted by molar-refractivity contribution is -0.137. The molecule has 0 saturated carbocycles. The van der Waals surface area contributed by atoms with E-state index in [4.69, 9.17) is 0 Å². The highest BCUT2D eigenvalue weighted by Gasteiger charge is 2.37. The normalized spacial score (nSPS) is 12.6. The topological polar surface area (TPSA) is 16.1 Å². The fourth-order valence-electron chi connectivity index (χ4n) is 1.26. The van der Waals surface area contributed by atoms with E-state index in [2.05, 4.69) is 20.9 Å². The Kier molecular flexibility index (Phi) is 4.06. The molecule has 0 amide bonds. The van der Waals surface area contributed by atoms with Crippen molar-refractivity contribution in [3.63, 3.8) is 0 Å². The first-order valence-electron chi connectivity index (χ1n) is 5.02. The van der Waals surface area contributed by atoms with E-state index in [1.54, 1.807) is 7.05 Å². The third-order valence-corrected chi connectivity index (χ3v) is 4.02. The summed E-state index contributed by atoms with van der Waals surface area (Å²) >= 11 is 3.29. The highest BCUT2D eigenvalue weighted by molar-refractivity contribution is 9.09. The van der Waals surface area contributed by atoms with Gasteiger partial charge in [0.25, 0.3) is 0 Å². The summed E-state index contributed by atoms with van der Waals surface area (Å²) in [5, 5.41) is 0.546. The zero-order valence-corrected chi connectivity index (χ0v) is 11.4. The Bertz CT molecular complexity index is 391. The number of hydrogen-bond donors (Lipinski definition) is 0. The van der Waals surface area contributed by atoms with Crippen molar-refractivity contribution in [2.24, 2.45) is 0 Å². The number of hydrogen-bond acceptors (Lipinski definition) is 2. The lowest BCUT2D eigenvalue weighted by atomic mass is 10.1. The van der Waals surface area contributed by atoms with Crippen molar-refractivity contribution in [1.29, 1.82) is 0 Å². The largest absolute Gasteiger partial charge is 0.419 e. The molecule has 0 radical (unpaired) electrons. The van der Waals surface area contributed by atoms with Gasteiger partial charge in [0.1, 0.15) is 5.82 Å². The monoisotopic (exact) mass is 310 g/mol. The molecular formula is C11H14BrF3N2. The third kappa shape index (κ3) is 3.12. The van der Waals surface area contributed by atoms with E-state index in [1.807, 2.05) is 13.8 Å². The Labute approximate surface area is 107 Å². The number of alkyl halides is 4. The molecule has 2 nitrogen and oxygen atoms in total. The SMILES string of the molecule is CN(c1ncccc1C(F)(F)F)C(C)(C)CBr. The van der Waals surface area contributed by atoms with Crippen LogP contribution >= 0.6 is 15.9 Å². The Morgan fingerprint density at radius 2 is 1.94 bits per heavy atom. The third-order valence-electron chi connectivity index (χ3n) is 2.64. The molecule has 0 fully saturated rings. The van der Waals surface area contributed by atoms with Gasteiger partial charge in [0, 0.05) is 24.1 Å². The molecular weight excluding hydrogens is 297 g/mol. The van der Waals surface area contributed by atoms with Crippen LogP contribution in [0.3, 0.4) is 0 Å². The molecule has 0 bridgehead atoms. The van der Waals surface area contributed by atoms with Crippen molar-refractivity contribution >= 4 is 21.7 Å². The molecule has 6 heteroatoms. The molecule has 17 heavy (non-hydrogen) atoms. The Hall–Kier alpha value is -0.780. The van der Waals surface area contributed by atoms with Crippen LogP contribution in [0.15, 0.2) is 18.3 Å². The number of anilines is 1. The maximum atomic E-state index is 12.8. The number of aromatic nitrogens is 1. The number of pyridine rings is 1. The van der Waals surface area contributed by atoms with E-state index < -0.39 is 17.3 Å². The summed E-state index contributed by atoms with van der Waals surface area (Å²) in [4.78, 5) is 5.38. The molecule has 0 saturated heterocycles. The van der Waals surface area contributed by atoms with Gasteiger partial charge in [0.05, 0.1) is 5.56 Å². The second-order valence-corrected chi connectivity index (χ2v) is 4.94. The summed E-state index contributed by atoms with van der Waals surface area (Å²) < 4.78 is 38.5. The average Bonchev–Trinajstić information content (AvgIpc) is 2.27. The first kappa shape index (κ1) is 14.3. The predicted molar refractivity (Wildman–Crippen MR) is 65.5 cm³/mol. The molecule has 1 heterocycles. The van der Waals surface area contributed by atoms with Gasteiger partial charge < -0.3 is 4.90 Å². The van der Waals surface area contributed by atoms with Crippen LogP contribution in [0.1, 0.15) is 19.4 Å². The van der Waals surface area contributed by atoms with Gasteiger partial charge in [0.2, 0.25) is 0 Å².